The molecule has 1 saturated heterocycles. The fraction of sp³-hybridized carbons (Fsp3) is 0.556. The van der Waals surface area contributed by atoms with Crippen LogP contribution >= 0.6 is 0 Å². The Morgan fingerprint density at radius 3 is 2.80 bits per heavy atom. The first kappa shape index (κ1) is 16.4. The number of aromatic carboxylic acids is 1. The fourth-order valence-corrected chi connectivity index (χ4v) is 4.11. The molecular weight excluding hydrogens is 324 g/mol. The number of carbonyl (C=O) groups is 1. The number of methoxy groups -OCH3 is 1. The van der Waals surface area contributed by atoms with Crippen LogP contribution in [0.15, 0.2) is 18.3 Å². The molecule has 0 bridgehead atoms. The number of hydrogen-bond acceptors (Lipinski definition) is 5. The minimum absolute atomic E-state index is 0.151. The molecule has 1 aromatic heterocycles. The van der Waals surface area contributed by atoms with Crippen molar-refractivity contribution in [1.29, 1.82) is 0 Å². The third-order valence-electron chi connectivity index (χ3n) is 5.34. The molecule has 2 heterocycles. The van der Waals surface area contributed by atoms with Gasteiger partial charge < -0.3 is 19.3 Å². The number of nitrogens with zero attached hydrogens (tertiary/aromatic N) is 2. The maximum absolute atomic E-state index is 11.4. The second-order valence-electron chi connectivity index (χ2n) is 6.92. The lowest BCUT2D eigenvalue weighted by atomic mass is 9.82. The Morgan fingerprint density at radius 1 is 1.40 bits per heavy atom. The molecule has 134 valence electrons. The van der Waals surface area contributed by atoms with Gasteiger partial charge in [-0.2, -0.15) is 5.10 Å². The van der Waals surface area contributed by atoms with E-state index in [1.807, 2.05) is 10.9 Å². The van der Waals surface area contributed by atoms with E-state index in [0.29, 0.717) is 24.9 Å². The predicted octanol–water partition coefficient (Wildman–Crippen LogP) is 2.85. The Balaban J connectivity index is 1.64. The van der Waals surface area contributed by atoms with E-state index in [0.717, 1.165) is 30.2 Å². The molecule has 0 radical (unpaired) electrons. The molecule has 25 heavy (non-hydrogen) atoms. The lowest BCUT2D eigenvalue weighted by Crippen LogP contribution is -2.40. The average Bonchev–Trinajstić information content (AvgIpc) is 3.20. The summed E-state index contributed by atoms with van der Waals surface area (Å²) in [5.41, 5.74) is 0.889. The number of benzene rings is 1. The number of hydrogen-bond donors (Lipinski definition) is 1. The summed E-state index contributed by atoms with van der Waals surface area (Å²) >= 11 is 0. The predicted molar refractivity (Wildman–Crippen MR) is 89.9 cm³/mol. The molecule has 4 rings (SSSR count). The molecule has 2 atom stereocenters. The van der Waals surface area contributed by atoms with Crippen LogP contribution in [0, 0.1) is 5.92 Å². The van der Waals surface area contributed by atoms with Gasteiger partial charge in [0.2, 0.25) is 0 Å². The van der Waals surface area contributed by atoms with Crippen LogP contribution in [0.4, 0.5) is 0 Å². The van der Waals surface area contributed by atoms with Gasteiger partial charge in [-0.15, -0.1) is 0 Å². The van der Waals surface area contributed by atoms with Crippen LogP contribution in [0.3, 0.4) is 0 Å². The molecule has 1 aromatic carbocycles. The van der Waals surface area contributed by atoms with Crippen molar-refractivity contribution >= 4 is 16.9 Å². The second-order valence-corrected chi connectivity index (χ2v) is 6.92. The molecule has 0 unspecified atom stereocenters. The first-order chi connectivity index (χ1) is 12.0. The van der Waals surface area contributed by atoms with E-state index >= 15 is 0 Å². The van der Waals surface area contributed by atoms with Crippen LogP contribution in [0.25, 0.3) is 10.9 Å². The average molecular weight is 346 g/mol. The van der Waals surface area contributed by atoms with Gasteiger partial charge in [0.1, 0.15) is 11.3 Å². The number of carboxylic acids is 1. The first-order valence-electron chi connectivity index (χ1n) is 8.59. The molecule has 1 spiro atoms. The Bertz CT molecular complexity index is 809. The van der Waals surface area contributed by atoms with E-state index < -0.39 is 11.8 Å². The van der Waals surface area contributed by atoms with Crippen LogP contribution in [-0.2, 0) is 9.47 Å². The minimum Gasteiger partial charge on any atom is -0.496 e. The summed E-state index contributed by atoms with van der Waals surface area (Å²) in [4.78, 5) is 11.4. The van der Waals surface area contributed by atoms with Gasteiger partial charge in [0.05, 0.1) is 31.9 Å². The molecule has 1 aliphatic carbocycles. The highest BCUT2D eigenvalue weighted by molar-refractivity contribution is 5.96. The third kappa shape index (κ3) is 2.77. The minimum atomic E-state index is -1.00. The van der Waals surface area contributed by atoms with Gasteiger partial charge in [-0.25, -0.2) is 4.79 Å². The maximum atomic E-state index is 11.4. The second kappa shape index (κ2) is 6.00. The Kier molecular flexibility index (Phi) is 3.92. The summed E-state index contributed by atoms with van der Waals surface area (Å²) in [6, 6.07) is 3.55. The zero-order valence-corrected chi connectivity index (χ0v) is 14.4. The van der Waals surface area contributed by atoms with Crippen LogP contribution in [0.2, 0.25) is 0 Å². The quantitative estimate of drug-likeness (QED) is 0.920. The smallest absolute Gasteiger partial charge is 0.339 e. The van der Waals surface area contributed by atoms with Crippen molar-refractivity contribution in [3.05, 3.63) is 23.9 Å². The van der Waals surface area contributed by atoms with Crippen molar-refractivity contribution in [1.82, 2.24) is 9.78 Å². The summed E-state index contributed by atoms with van der Waals surface area (Å²) in [7, 11) is 1.47. The summed E-state index contributed by atoms with van der Waals surface area (Å²) in [5.74, 6) is -0.743. The fourth-order valence-electron chi connectivity index (χ4n) is 4.11. The van der Waals surface area contributed by atoms with E-state index in [-0.39, 0.29) is 11.6 Å². The Morgan fingerprint density at radius 2 is 2.16 bits per heavy atom. The van der Waals surface area contributed by atoms with Crippen LogP contribution in [0.1, 0.15) is 42.6 Å². The van der Waals surface area contributed by atoms with E-state index in [9.17, 15) is 9.90 Å². The van der Waals surface area contributed by atoms with E-state index in [4.69, 9.17) is 14.2 Å². The zero-order chi connectivity index (χ0) is 17.6. The highest BCUT2D eigenvalue weighted by Gasteiger charge is 2.44. The molecule has 1 aliphatic heterocycles. The number of fused-ring (bicyclic) bond motifs is 1. The topological polar surface area (TPSA) is 82.8 Å². The Hall–Kier alpha value is -2.12. The largest absolute Gasteiger partial charge is 0.496 e. The number of rotatable bonds is 3. The van der Waals surface area contributed by atoms with Crippen molar-refractivity contribution in [2.75, 3.05) is 20.3 Å². The molecule has 7 nitrogen and oxygen atoms in total. The molecule has 7 heteroatoms. The Labute approximate surface area is 145 Å². The molecular formula is C18H22N2O5. The van der Waals surface area contributed by atoms with Crippen molar-refractivity contribution in [3.8, 4) is 5.75 Å². The lowest BCUT2D eigenvalue weighted by molar-refractivity contribution is -0.192. The summed E-state index contributed by atoms with van der Waals surface area (Å²) in [5, 5.41) is 14.8. The first-order valence-corrected chi connectivity index (χ1v) is 8.59. The van der Waals surface area contributed by atoms with Crippen molar-refractivity contribution in [3.63, 3.8) is 0 Å². The standard InChI is InChI=1S/C18H22N2O5/c1-11-9-18(24-5-6-25-18)4-3-15(11)20-10-12-7-13(17(21)22)16(23-2)8-14(12)19-20/h7-8,10-11,15H,3-6,9H2,1-2H3,(H,21,22)/t11-,15-/m0/s1. The summed E-state index contributed by atoms with van der Waals surface area (Å²) < 4.78 is 18.8. The SMILES string of the molecule is COc1cc2nn([C@H]3CCC4(C[C@@H]3C)OCCO4)cc2cc1C(=O)O. The summed E-state index contributed by atoms with van der Waals surface area (Å²) in [6.45, 7) is 3.52. The van der Waals surface area contributed by atoms with Crippen molar-refractivity contribution < 1.29 is 24.1 Å². The van der Waals surface area contributed by atoms with Gasteiger partial charge in [0, 0.05) is 30.5 Å². The maximum Gasteiger partial charge on any atom is 0.339 e. The molecule has 1 saturated carbocycles. The highest BCUT2D eigenvalue weighted by atomic mass is 16.7. The van der Waals surface area contributed by atoms with E-state index in [1.165, 1.54) is 7.11 Å². The zero-order valence-electron chi connectivity index (χ0n) is 14.4. The molecule has 2 fully saturated rings. The monoisotopic (exact) mass is 346 g/mol. The van der Waals surface area contributed by atoms with Crippen LogP contribution in [0.5, 0.6) is 5.75 Å². The number of aromatic nitrogens is 2. The summed E-state index contributed by atoms with van der Waals surface area (Å²) in [6.07, 6.45) is 4.54. The van der Waals surface area contributed by atoms with Gasteiger partial charge >= 0.3 is 5.97 Å². The molecule has 0 amide bonds. The molecule has 1 N–H and O–H groups in total. The van der Waals surface area contributed by atoms with Gasteiger partial charge in [-0.05, 0) is 18.4 Å². The van der Waals surface area contributed by atoms with Gasteiger partial charge in [-0.1, -0.05) is 6.92 Å². The van der Waals surface area contributed by atoms with Gasteiger partial charge in [0.15, 0.2) is 5.79 Å². The molecule has 2 aromatic rings. The van der Waals surface area contributed by atoms with Gasteiger partial charge in [0.25, 0.3) is 0 Å². The van der Waals surface area contributed by atoms with E-state index in [2.05, 4.69) is 12.0 Å². The van der Waals surface area contributed by atoms with Crippen LogP contribution in [-0.4, -0.2) is 47.0 Å². The van der Waals surface area contributed by atoms with Crippen molar-refractivity contribution in [2.45, 2.75) is 38.0 Å². The number of ether oxygens (including phenoxy) is 3. The third-order valence-corrected chi connectivity index (χ3v) is 5.34. The van der Waals surface area contributed by atoms with E-state index in [1.54, 1.807) is 12.1 Å². The lowest BCUT2D eigenvalue weighted by Gasteiger charge is -2.39. The van der Waals surface area contributed by atoms with Crippen LogP contribution < -0.4 is 4.74 Å². The molecule has 2 aliphatic rings. The van der Waals surface area contributed by atoms with Gasteiger partial charge in [-0.3, -0.25) is 4.68 Å². The van der Waals surface area contributed by atoms with Crippen molar-refractivity contribution in [2.24, 2.45) is 5.92 Å². The highest BCUT2D eigenvalue weighted by Crippen LogP contribution is 2.43. The normalized spacial score (nSPS) is 25.5. The number of carboxylic acid groups (broad SMARTS) is 1.